The Bertz CT molecular complexity index is 1270. The highest BCUT2D eigenvalue weighted by Gasteiger charge is 2.19. The number of anilines is 1. The zero-order valence-electron chi connectivity index (χ0n) is 16.1. The number of non-ortho nitro benzene ring substituents is 1. The third-order valence-electron chi connectivity index (χ3n) is 4.56. The van der Waals surface area contributed by atoms with Crippen molar-refractivity contribution in [2.45, 2.75) is 6.54 Å². The van der Waals surface area contributed by atoms with Gasteiger partial charge in [0.25, 0.3) is 11.6 Å². The highest BCUT2D eigenvalue weighted by Crippen LogP contribution is 2.31. The maximum Gasteiger partial charge on any atom is 0.269 e. The minimum absolute atomic E-state index is 0.0225. The smallest absolute Gasteiger partial charge is 0.269 e. The third kappa shape index (κ3) is 4.65. The van der Waals surface area contributed by atoms with E-state index in [1.807, 2.05) is 30.3 Å². The predicted molar refractivity (Wildman–Crippen MR) is 119 cm³/mol. The molecular formula is C23H16FN3O3S. The van der Waals surface area contributed by atoms with E-state index in [2.05, 4.69) is 4.98 Å². The predicted octanol–water partition coefficient (Wildman–Crippen LogP) is 5.59. The second-order valence-corrected chi connectivity index (χ2v) is 7.68. The monoisotopic (exact) mass is 433 g/mol. The lowest BCUT2D eigenvalue weighted by Gasteiger charge is -2.18. The molecule has 4 rings (SSSR count). The number of nitro groups is 1. The third-order valence-corrected chi connectivity index (χ3v) is 5.60. The SMILES string of the molecule is O=C(/C=C/c1ccc([N+](=O)[O-])cc1)N(Cc1ccccc1)c1nc2c(F)cccc2s1. The van der Waals surface area contributed by atoms with E-state index in [9.17, 15) is 19.3 Å². The van der Waals surface area contributed by atoms with Crippen LogP contribution in [0.4, 0.5) is 15.2 Å². The molecule has 1 amide bonds. The highest BCUT2D eigenvalue weighted by molar-refractivity contribution is 7.22. The Morgan fingerprint density at radius 1 is 1.06 bits per heavy atom. The van der Waals surface area contributed by atoms with Crippen molar-refractivity contribution in [2.75, 3.05) is 4.90 Å². The number of aromatic nitrogens is 1. The first-order valence-electron chi connectivity index (χ1n) is 9.34. The van der Waals surface area contributed by atoms with Crippen molar-refractivity contribution in [3.8, 4) is 0 Å². The van der Waals surface area contributed by atoms with Crippen molar-refractivity contribution >= 4 is 44.4 Å². The summed E-state index contributed by atoms with van der Waals surface area (Å²) in [7, 11) is 0. The van der Waals surface area contributed by atoms with Gasteiger partial charge in [0.05, 0.1) is 16.2 Å². The van der Waals surface area contributed by atoms with Crippen molar-refractivity contribution in [3.63, 3.8) is 0 Å². The quantitative estimate of drug-likeness (QED) is 0.226. The van der Waals surface area contributed by atoms with Crippen LogP contribution in [0, 0.1) is 15.9 Å². The lowest BCUT2D eigenvalue weighted by atomic mass is 10.2. The Morgan fingerprint density at radius 3 is 2.48 bits per heavy atom. The largest absolute Gasteiger partial charge is 0.280 e. The van der Waals surface area contributed by atoms with Crippen LogP contribution in [0.5, 0.6) is 0 Å². The van der Waals surface area contributed by atoms with Gasteiger partial charge in [-0.2, -0.15) is 0 Å². The van der Waals surface area contributed by atoms with Gasteiger partial charge in [-0.05, 0) is 41.5 Å². The van der Waals surface area contributed by atoms with E-state index in [0.29, 0.717) is 15.4 Å². The van der Waals surface area contributed by atoms with Gasteiger partial charge in [-0.1, -0.05) is 47.7 Å². The lowest BCUT2D eigenvalue weighted by molar-refractivity contribution is -0.384. The molecule has 0 saturated carbocycles. The Morgan fingerprint density at radius 2 is 1.81 bits per heavy atom. The summed E-state index contributed by atoms with van der Waals surface area (Å²) in [4.78, 5) is 29.2. The number of carbonyl (C=O) groups excluding carboxylic acids is 1. The van der Waals surface area contributed by atoms with E-state index in [1.54, 1.807) is 30.3 Å². The first-order chi connectivity index (χ1) is 15.0. The summed E-state index contributed by atoms with van der Waals surface area (Å²) >= 11 is 1.24. The van der Waals surface area contributed by atoms with Crippen LogP contribution in [0.25, 0.3) is 16.3 Å². The molecule has 0 aliphatic rings. The molecule has 0 fully saturated rings. The van der Waals surface area contributed by atoms with Crippen LogP contribution in [-0.4, -0.2) is 15.8 Å². The number of hydrogen-bond acceptors (Lipinski definition) is 5. The molecule has 8 heteroatoms. The molecule has 154 valence electrons. The number of para-hydroxylation sites is 1. The molecule has 0 bridgehead atoms. The molecule has 0 aliphatic heterocycles. The summed E-state index contributed by atoms with van der Waals surface area (Å²) in [5.74, 6) is -0.768. The minimum Gasteiger partial charge on any atom is -0.280 e. The molecule has 4 aromatic rings. The minimum atomic E-state index is -0.480. The van der Waals surface area contributed by atoms with Gasteiger partial charge in [0, 0.05) is 18.2 Å². The fourth-order valence-corrected chi connectivity index (χ4v) is 3.97. The molecule has 0 atom stereocenters. The molecule has 0 unspecified atom stereocenters. The molecule has 0 aliphatic carbocycles. The number of nitrogens with zero attached hydrogens (tertiary/aromatic N) is 3. The van der Waals surface area contributed by atoms with Crippen LogP contribution < -0.4 is 4.90 Å². The van der Waals surface area contributed by atoms with Gasteiger partial charge < -0.3 is 0 Å². The van der Waals surface area contributed by atoms with Crippen molar-refractivity contribution in [3.05, 3.63) is 106 Å². The molecule has 0 N–H and O–H groups in total. The van der Waals surface area contributed by atoms with Gasteiger partial charge in [0.2, 0.25) is 0 Å². The fraction of sp³-hybridized carbons (Fsp3) is 0.0435. The van der Waals surface area contributed by atoms with Crippen molar-refractivity contribution in [1.82, 2.24) is 4.98 Å². The Kier molecular flexibility index (Phi) is 5.81. The first kappa shape index (κ1) is 20.4. The molecule has 0 spiro atoms. The first-order valence-corrected chi connectivity index (χ1v) is 10.2. The number of halogens is 1. The van der Waals surface area contributed by atoms with Crippen LogP contribution in [-0.2, 0) is 11.3 Å². The van der Waals surface area contributed by atoms with Crippen LogP contribution in [0.1, 0.15) is 11.1 Å². The molecule has 31 heavy (non-hydrogen) atoms. The van der Waals surface area contributed by atoms with Gasteiger partial charge in [-0.3, -0.25) is 19.8 Å². The molecule has 1 heterocycles. The fourth-order valence-electron chi connectivity index (χ4n) is 2.99. The van der Waals surface area contributed by atoms with Gasteiger partial charge >= 0.3 is 0 Å². The number of fused-ring (bicyclic) bond motifs is 1. The second kappa shape index (κ2) is 8.85. The topological polar surface area (TPSA) is 76.3 Å². The zero-order valence-corrected chi connectivity index (χ0v) is 17.0. The number of nitro benzene ring substituents is 1. The summed E-state index contributed by atoms with van der Waals surface area (Å²) < 4.78 is 14.8. The maximum absolute atomic E-state index is 14.1. The number of thiazole rings is 1. The van der Waals surface area contributed by atoms with Crippen molar-refractivity contribution in [1.29, 1.82) is 0 Å². The molecule has 6 nitrogen and oxygen atoms in total. The van der Waals surface area contributed by atoms with Gasteiger partial charge in [-0.25, -0.2) is 9.37 Å². The van der Waals surface area contributed by atoms with E-state index >= 15 is 0 Å². The molecule has 1 aromatic heterocycles. The van der Waals surface area contributed by atoms with Gasteiger partial charge in [0.15, 0.2) is 5.13 Å². The van der Waals surface area contributed by atoms with E-state index in [1.165, 1.54) is 40.5 Å². The van der Waals surface area contributed by atoms with E-state index in [0.717, 1.165) is 5.56 Å². The summed E-state index contributed by atoms with van der Waals surface area (Å²) in [6.07, 6.45) is 2.96. The average Bonchev–Trinajstić information content (AvgIpc) is 3.22. The maximum atomic E-state index is 14.1. The van der Waals surface area contributed by atoms with E-state index in [4.69, 9.17) is 0 Å². The molecule has 3 aromatic carbocycles. The molecule has 0 saturated heterocycles. The van der Waals surface area contributed by atoms with Crippen LogP contribution in [0.3, 0.4) is 0 Å². The number of rotatable bonds is 6. The summed E-state index contributed by atoms with van der Waals surface area (Å²) in [6, 6.07) is 20.0. The number of carbonyl (C=O) groups is 1. The van der Waals surface area contributed by atoms with Crippen LogP contribution in [0.15, 0.2) is 78.9 Å². The Hall–Kier alpha value is -3.91. The number of benzene rings is 3. The second-order valence-electron chi connectivity index (χ2n) is 6.67. The van der Waals surface area contributed by atoms with Crippen LogP contribution >= 0.6 is 11.3 Å². The standard InChI is InChI=1S/C23H16FN3O3S/c24-19-7-4-8-20-22(19)25-23(31-20)26(15-17-5-2-1-3-6-17)21(28)14-11-16-9-12-18(13-10-16)27(29)30/h1-14H,15H2/b14-11+. The van der Waals surface area contributed by atoms with Crippen molar-refractivity contribution < 1.29 is 14.1 Å². The highest BCUT2D eigenvalue weighted by atomic mass is 32.1. The summed E-state index contributed by atoms with van der Waals surface area (Å²) in [5, 5.41) is 11.2. The normalized spacial score (nSPS) is 11.1. The van der Waals surface area contributed by atoms with Gasteiger partial charge in [-0.15, -0.1) is 0 Å². The summed E-state index contributed by atoms with van der Waals surface area (Å²) in [6.45, 7) is 0.270. The van der Waals surface area contributed by atoms with E-state index in [-0.39, 0.29) is 23.7 Å². The van der Waals surface area contributed by atoms with Crippen molar-refractivity contribution in [2.24, 2.45) is 0 Å². The van der Waals surface area contributed by atoms with Gasteiger partial charge in [0.1, 0.15) is 11.3 Å². The van der Waals surface area contributed by atoms with Crippen LogP contribution in [0.2, 0.25) is 0 Å². The number of amides is 1. The number of hydrogen-bond donors (Lipinski definition) is 0. The summed E-state index contributed by atoms with van der Waals surface area (Å²) in [5.41, 5.74) is 1.76. The average molecular weight is 433 g/mol. The molecule has 0 radical (unpaired) electrons. The molecular weight excluding hydrogens is 417 g/mol. The Labute approximate surface area is 181 Å². The zero-order chi connectivity index (χ0) is 21.8. The van der Waals surface area contributed by atoms with E-state index < -0.39 is 10.7 Å². The lowest BCUT2D eigenvalue weighted by Crippen LogP contribution is -2.28. The Balaban J connectivity index is 1.65.